The van der Waals surface area contributed by atoms with Crippen LogP contribution in [0.25, 0.3) is 0 Å². The summed E-state index contributed by atoms with van der Waals surface area (Å²) in [5.41, 5.74) is 1.14. The first-order valence-corrected chi connectivity index (χ1v) is 9.61. The zero-order valence-corrected chi connectivity index (χ0v) is 15.1. The first-order valence-electron chi connectivity index (χ1n) is 9.61. The second-order valence-electron chi connectivity index (χ2n) is 7.34. The number of aromatic hydroxyl groups is 1. The Kier molecular flexibility index (Phi) is 5.20. The molecule has 0 saturated carbocycles. The van der Waals surface area contributed by atoms with Crippen molar-refractivity contribution in [1.29, 1.82) is 0 Å². The zero-order valence-electron chi connectivity index (χ0n) is 15.1. The molecule has 0 spiro atoms. The molecule has 3 heterocycles. The van der Waals surface area contributed by atoms with Crippen LogP contribution in [0, 0.1) is 0 Å². The number of likely N-dealkylation sites (tertiary alicyclic amines) is 1. The average Bonchev–Trinajstić information content (AvgIpc) is 2.90. The Morgan fingerprint density at radius 1 is 1.08 bits per heavy atom. The zero-order chi connectivity index (χ0) is 17.8. The molecule has 2 saturated heterocycles. The number of hydrogen-bond donors (Lipinski definition) is 2. The summed E-state index contributed by atoms with van der Waals surface area (Å²) in [5.74, 6) is 2.10. The normalized spacial score (nSPS) is 19.0. The molecule has 6 heteroatoms. The fraction of sp³-hybridized carbons (Fsp3) is 0.500. The number of nitrogens with zero attached hydrogens (tertiary/aromatic N) is 4. The lowest BCUT2D eigenvalue weighted by Crippen LogP contribution is -2.54. The van der Waals surface area contributed by atoms with Gasteiger partial charge in [-0.25, -0.2) is 4.98 Å². The highest BCUT2D eigenvalue weighted by Crippen LogP contribution is 2.21. The second kappa shape index (κ2) is 7.91. The van der Waals surface area contributed by atoms with Gasteiger partial charge in [0.25, 0.3) is 0 Å². The number of phenols is 1. The Bertz CT molecular complexity index is 724. The van der Waals surface area contributed by atoms with Crippen LogP contribution < -0.4 is 10.2 Å². The first kappa shape index (κ1) is 17.1. The average molecular weight is 353 g/mol. The van der Waals surface area contributed by atoms with E-state index in [4.69, 9.17) is 4.98 Å². The van der Waals surface area contributed by atoms with E-state index in [9.17, 15) is 5.11 Å². The molecule has 1 aromatic heterocycles. The molecule has 2 fully saturated rings. The van der Waals surface area contributed by atoms with Gasteiger partial charge < -0.3 is 15.3 Å². The fourth-order valence-corrected chi connectivity index (χ4v) is 3.78. The van der Waals surface area contributed by atoms with E-state index in [1.807, 2.05) is 30.5 Å². The van der Waals surface area contributed by atoms with Gasteiger partial charge in [0.15, 0.2) is 0 Å². The van der Waals surface area contributed by atoms with Crippen LogP contribution >= 0.6 is 0 Å². The molecule has 2 N–H and O–H groups in total. The third-order valence-corrected chi connectivity index (χ3v) is 5.18. The maximum absolute atomic E-state index is 9.56. The summed E-state index contributed by atoms with van der Waals surface area (Å²) < 4.78 is 0. The maximum atomic E-state index is 9.56. The van der Waals surface area contributed by atoms with Gasteiger partial charge in [0.2, 0.25) is 5.95 Å². The SMILES string of the molecule is Oc1cccc(CN2CC(Nc3nccc(N4CCCCCC4)n3)C2)c1. The molecular formula is C20H27N5O. The van der Waals surface area contributed by atoms with E-state index in [1.54, 1.807) is 6.07 Å². The van der Waals surface area contributed by atoms with E-state index in [0.29, 0.717) is 11.8 Å². The summed E-state index contributed by atoms with van der Waals surface area (Å²) in [6, 6.07) is 9.88. The lowest BCUT2D eigenvalue weighted by molar-refractivity contribution is 0.152. The van der Waals surface area contributed by atoms with E-state index >= 15 is 0 Å². The quantitative estimate of drug-likeness (QED) is 0.862. The summed E-state index contributed by atoms with van der Waals surface area (Å²) in [4.78, 5) is 13.9. The topological polar surface area (TPSA) is 64.5 Å². The van der Waals surface area contributed by atoms with Crippen LogP contribution in [-0.2, 0) is 6.54 Å². The van der Waals surface area contributed by atoms with Gasteiger partial charge in [-0.05, 0) is 36.6 Å². The molecule has 138 valence electrons. The predicted octanol–water partition coefficient (Wildman–Crippen LogP) is 2.86. The number of phenolic OH excluding ortho intramolecular Hbond substituents is 1. The van der Waals surface area contributed by atoms with Crippen LogP contribution in [0.3, 0.4) is 0 Å². The number of rotatable bonds is 5. The molecule has 0 atom stereocenters. The third-order valence-electron chi connectivity index (χ3n) is 5.18. The molecule has 2 aromatic rings. The van der Waals surface area contributed by atoms with E-state index in [2.05, 4.69) is 20.1 Å². The molecule has 2 aliphatic rings. The molecular weight excluding hydrogens is 326 g/mol. The van der Waals surface area contributed by atoms with Crippen LogP contribution in [0.2, 0.25) is 0 Å². The van der Waals surface area contributed by atoms with Crippen molar-refractivity contribution in [1.82, 2.24) is 14.9 Å². The molecule has 1 aromatic carbocycles. The van der Waals surface area contributed by atoms with Gasteiger partial charge in [-0.3, -0.25) is 4.90 Å². The van der Waals surface area contributed by atoms with Gasteiger partial charge in [0.1, 0.15) is 11.6 Å². The van der Waals surface area contributed by atoms with E-state index in [-0.39, 0.29) is 0 Å². The van der Waals surface area contributed by atoms with Crippen molar-refractivity contribution >= 4 is 11.8 Å². The van der Waals surface area contributed by atoms with E-state index < -0.39 is 0 Å². The Hall–Kier alpha value is -2.34. The minimum Gasteiger partial charge on any atom is -0.508 e. The van der Waals surface area contributed by atoms with Crippen molar-refractivity contribution in [2.45, 2.75) is 38.3 Å². The largest absolute Gasteiger partial charge is 0.508 e. The number of aromatic nitrogens is 2. The Morgan fingerprint density at radius 2 is 1.88 bits per heavy atom. The molecule has 0 bridgehead atoms. The number of hydrogen-bond acceptors (Lipinski definition) is 6. The summed E-state index contributed by atoms with van der Waals surface area (Å²) in [7, 11) is 0. The van der Waals surface area contributed by atoms with Gasteiger partial charge in [0.05, 0.1) is 6.04 Å². The number of benzene rings is 1. The molecule has 0 amide bonds. The standard InChI is InChI=1S/C20H27N5O/c26-18-7-5-6-16(12-18)13-24-14-17(15-24)22-20-21-9-8-19(23-20)25-10-3-1-2-4-11-25/h5-9,12,17,26H,1-4,10-11,13-15H2,(H,21,22,23). The van der Waals surface area contributed by atoms with Gasteiger partial charge >= 0.3 is 0 Å². The van der Waals surface area contributed by atoms with E-state index in [1.165, 1.54) is 25.7 Å². The van der Waals surface area contributed by atoms with Gasteiger partial charge in [-0.15, -0.1) is 0 Å². The summed E-state index contributed by atoms with van der Waals surface area (Å²) in [6.45, 7) is 4.98. The van der Waals surface area contributed by atoms with Crippen molar-refractivity contribution in [2.24, 2.45) is 0 Å². The van der Waals surface area contributed by atoms with Crippen molar-refractivity contribution in [3.8, 4) is 5.75 Å². The van der Waals surface area contributed by atoms with Crippen molar-refractivity contribution in [3.05, 3.63) is 42.1 Å². The van der Waals surface area contributed by atoms with Crippen LogP contribution in [0.1, 0.15) is 31.2 Å². The highest BCUT2D eigenvalue weighted by molar-refractivity contribution is 5.43. The third kappa shape index (κ3) is 4.25. The molecule has 6 nitrogen and oxygen atoms in total. The van der Waals surface area contributed by atoms with Crippen molar-refractivity contribution in [3.63, 3.8) is 0 Å². The minimum atomic E-state index is 0.330. The first-order chi connectivity index (χ1) is 12.8. The van der Waals surface area contributed by atoms with Crippen LogP contribution in [0.15, 0.2) is 36.5 Å². The lowest BCUT2D eigenvalue weighted by Gasteiger charge is -2.39. The minimum absolute atomic E-state index is 0.330. The molecule has 0 unspecified atom stereocenters. The smallest absolute Gasteiger partial charge is 0.224 e. The number of anilines is 2. The van der Waals surface area contributed by atoms with Crippen molar-refractivity contribution < 1.29 is 5.11 Å². The predicted molar refractivity (Wildman–Crippen MR) is 104 cm³/mol. The summed E-state index contributed by atoms with van der Waals surface area (Å²) in [5, 5.41) is 13.0. The summed E-state index contributed by atoms with van der Waals surface area (Å²) in [6.07, 6.45) is 7.01. The number of nitrogens with one attached hydrogen (secondary N) is 1. The fourth-order valence-electron chi connectivity index (χ4n) is 3.78. The van der Waals surface area contributed by atoms with Crippen LogP contribution in [-0.4, -0.2) is 52.2 Å². The highest BCUT2D eigenvalue weighted by atomic mass is 16.3. The van der Waals surface area contributed by atoms with Crippen molar-refractivity contribution in [2.75, 3.05) is 36.4 Å². The maximum Gasteiger partial charge on any atom is 0.224 e. The molecule has 26 heavy (non-hydrogen) atoms. The summed E-state index contributed by atoms with van der Waals surface area (Å²) >= 11 is 0. The monoisotopic (exact) mass is 353 g/mol. The molecule has 4 rings (SSSR count). The van der Waals surface area contributed by atoms with Crippen LogP contribution in [0.5, 0.6) is 5.75 Å². The van der Waals surface area contributed by atoms with E-state index in [0.717, 1.165) is 50.1 Å². The molecule has 2 aliphatic heterocycles. The lowest BCUT2D eigenvalue weighted by atomic mass is 10.1. The Balaban J connectivity index is 1.29. The second-order valence-corrected chi connectivity index (χ2v) is 7.34. The Morgan fingerprint density at radius 3 is 2.65 bits per heavy atom. The van der Waals surface area contributed by atoms with Gasteiger partial charge in [0, 0.05) is 38.9 Å². The van der Waals surface area contributed by atoms with Gasteiger partial charge in [-0.1, -0.05) is 25.0 Å². The molecule has 0 radical (unpaired) electrons. The Labute approximate surface area is 154 Å². The highest BCUT2D eigenvalue weighted by Gasteiger charge is 2.27. The van der Waals surface area contributed by atoms with Crippen LogP contribution in [0.4, 0.5) is 11.8 Å². The molecule has 0 aliphatic carbocycles. The van der Waals surface area contributed by atoms with Gasteiger partial charge in [-0.2, -0.15) is 4.98 Å².